The van der Waals surface area contributed by atoms with E-state index in [9.17, 15) is 5.11 Å². The zero-order chi connectivity index (χ0) is 33.2. The van der Waals surface area contributed by atoms with E-state index in [0.29, 0.717) is 39.3 Å². The molecule has 0 amide bonds. The Morgan fingerprint density at radius 1 is 0.735 bits per heavy atom. The highest BCUT2D eigenvalue weighted by Gasteiger charge is 2.47. The lowest BCUT2D eigenvalue weighted by Crippen LogP contribution is -2.34. The monoisotopic (exact) mass is 643 g/mol. The molecule has 5 heterocycles. The molecule has 1 aliphatic rings. The van der Waals surface area contributed by atoms with E-state index in [1.165, 1.54) is 0 Å². The van der Waals surface area contributed by atoms with E-state index in [-0.39, 0.29) is 15.6 Å². The van der Waals surface area contributed by atoms with Crippen molar-refractivity contribution < 1.29 is 18.7 Å². The molecular formula is C41H31N4O4+. The minimum atomic E-state index is -0.192. The van der Waals surface area contributed by atoms with Gasteiger partial charge in [0.1, 0.15) is 28.2 Å². The standard InChI is InChI=1S/C41H30N4O4/c1-41(2,3)23-19-35(45(4)31-15-9-8-14-30(31)44-29-13-7-6-12-28(29)42-40(44)45)43-36(20-23)47-24-17-18-33-27(21-24)37-34(48-33)22-26-25-11-5-10-16-32(25)49-39(26)38(37)46/h5-22H,1-4H3/p+1. The van der Waals surface area contributed by atoms with Crippen LogP contribution in [-0.2, 0) is 5.41 Å². The van der Waals surface area contributed by atoms with Crippen LogP contribution in [0.5, 0.6) is 17.4 Å². The van der Waals surface area contributed by atoms with Gasteiger partial charge in [0.25, 0.3) is 0 Å². The number of para-hydroxylation sites is 5. The fourth-order valence-electron chi connectivity index (χ4n) is 7.38. The third-order valence-corrected chi connectivity index (χ3v) is 9.93. The first-order valence-corrected chi connectivity index (χ1v) is 16.3. The molecule has 238 valence electrons. The summed E-state index contributed by atoms with van der Waals surface area (Å²) in [4.78, 5) is 10.3. The summed E-state index contributed by atoms with van der Waals surface area (Å²) >= 11 is 0. The number of pyridine rings is 1. The van der Waals surface area contributed by atoms with Crippen LogP contribution in [0.4, 0.5) is 17.5 Å². The van der Waals surface area contributed by atoms with Gasteiger partial charge in [0.2, 0.25) is 11.7 Å². The Morgan fingerprint density at radius 3 is 2.39 bits per heavy atom. The summed E-state index contributed by atoms with van der Waals surface area (Å²) < 4.78 is 21.4. The molecule has 0 spiro atoms. The van der Waals surface area contributed by atoms with Crippen LogP contribution >= 0.6 is 0 Å². The molecule has 10 rings (SSSR count). The lowest BCUT2D eigenvalue weighted by molar-refractivity contribution is 0.452. The summed E-state index contributed by atoms with van der Waals surface area (Å²) in [5.41, 5.74) is 7.39. The van der Waals surface area contributed by atoms with Crippen LogP contribution in [0.1, 0.15) is 26.3 Å². The van der Waals surface area contributed by atoms with Crippen molar-refractivity contribution in [2.75, 3.05) is 7.05 Å². The normalized spacial score (nSPS) is 15.9. The predicted molar refractivity (Wildman–Crippen MR) is 194 cm³/mol. The Morgan fingerprint density at radius 2 is 1.51 bits per heavy atom. The quantitative estimate of drug-likeness (QED) is 0.193. The molecule has 8 nitrogen and oxygen atoms in total. The van der Waals surface area contributed by atoms with Crippen molar-refractivity contribution in [2.45, 2.75) is 26.2 Å². The number of imidazole rings is 1. The fourth-order valence-corrected chi connectivity index (χ4v) is 7.38. The number of rotatable bonds is 3. The van der Waals surface area contributed by atoms with Gasteiger partial charge in [0, 0.05) is 34.4 Å². The number of benzene rings is 5. The zero-order valence-electron chi connectivity index (χ0n) is 27.4. The minimum absolute atomic E-state index is 0.0442. The van der Waals surface area contributed by atoms with Gasteiger partial charge in [-0.25, -0.2) is 4.57 Å². The van der Waals surface area contributed by atoms with Crippen LogP contribution in [0.15, 0.2) is 118 Å². The van der Waals surface area contributed by atoms with Gasteiger partial charge >= 0.3 is 5.95 Å². The third kappa shape index (κ3) is 3.83. The lowest BCUT2D eigenvalue weighted by atomic mass is 9.87. The van der Waals surface area contributed by atoms with E-state index < -0.39 is 0 Å². The molecule has 0 radical (unpaired) electrons. The number of hydrogen-bond acceptors (Lipinski definition) is 6. The van der Waals surface area contributed by atoms with Crippen molar-refractivity contribution in [1.82, 2.24) is 19.0 Å². The number of fused-ring (bicyclic) bond motifs is 11. The number of aromatic nitrogens is 3. The van der Waals surface area contributed by atoms with Gasteiger partial charge in [0.05, 0.1) is 23.5 Å². The zero-order valence-corrected chi connectivity index (χ0v) is 27.4. The number of ether oxygens (including phenoxy) is 1. The molecule has 1 atom stereocenters. The molecule has 1 aliphatic heterocycles. The van der Waals surface area contributed by atoms with Crippen molar-refractivity contribution in [1.29, 1.82) is 0 Å². The second kappa shape index (κ2) is 9.49. The fraction of sp³-hybridized carbons (Fsp3) is 0.122. The first-order chi connectivity index (χ1) is 23.7. The molecule has 0 bridgehead atoms. The first kappa shape index (κ1) is 27.9. The van der Waals surface area contributed by atoms with Crippen LogP contribution in [0.3, 0.4) is 0 Å². The molecule has 0 fully saturated rings. The molecule has 49 heavy (non-hydrogen) atoms. The molecule has 0 aliphatic carbocycles. The Labute approximate surface area is 280 Å². The van der Waals surface area contributed by atoms with Gasteiger partial charge in [-0.2, -0.15) is 14.5 Å². The van der Waals surface area contributed by atoms with Crippen LogP contribution in [0.2, 0.25) is 0 Å². The highest BCUT2D eigenvalue weighted by Crippen LogP contribution is 2.52. The molecule has 1 N–H and O–H groups in total. The highest BCUT2D eigenvalue weighted by atomic mass is 16.5. The predicted octanol–water partition coefficient (Wildman–Crippen LogP) is 10.9. The van der Waals surface area contributed by atoms with Gasteiger partial charge < -0.3 is 18.7 Å². The maximum Gasteiger partial charge on any atom is 0.326 e. The molecule has 8 heteroatoms. The second-order valence-electron chi connectivity index (χ2n) is 14.0. The van der Waals surface area contributed by atoms with Crippen LogP contribution < -0.4 is 9.22 Å². The summed E-state index contributed by atoms with van der Waals surface area (Å²) in [5, 5.41) is 14.5. The maximum atomic E-state index is 11.5. The second-order valence-corrected chi connectivity index (χ2v) is 14.0. The van der Waals surface area contributed by atoms with Crippen molar-refractivity contribution >= 4 is 72.4 Å². The molecule has 9 aromatic rings. The van der Waals surface area contributed by atoms with E-state index >= 15 is 0 Å². The largest absolute Gasteiger partial charge is 0.504 e. The number of quaternary nitrogens is 1. The van der Waals surface area contributed by atoms with E-state index in [1.54, 1.807) is 0 Å². The van der Waals surface area contributed by atoms with E-state index in [4.69, 9.17) is 23.5 Å². The smallest absolute Gasteiger partial charge is 0.326 e. The minimum Gasteiger partial charge on any atom is -0.504 e. The van der Waals surface area contributed by atoms with Crippen molar-refractivity contribution in [3.63, 3.8) is 0 Å². The summed E-state index contributed by atoms with van der Waals surface area (Å²) in [7, 11) is 2.15. The number of aromatic hydroxyl groups is 1. The summed E-state index contributed by atoms with van der Waals surface area (Å²) in [6.07, 6.45) is 0. The Balaban J connectivity index is 1.14. The molecule has 4 aromatic heterocycles. The summed E-state index contributed by atoms with van der Waals surface area (Å²) in [5.74, 6) is 2.74. The molecular weight excluding hydrogens is 612 g/mol. The first-order valence-electron chi connectivity index (χ1n) is 16.3. The van der Waals surface area contributed by atoms with Gasteiger partial charge in [-0.15, -0.1) is 0 Å². The number of hydrogen-bond donors (Lipinski definition) is 1. The number of furan rings is 2. The van der Waals surface area contributed by atoms with Crippen LogP contribution in [0, 0.1) is 0 Å². The third-order valence-electron chi connectivity index (χ3n) is 9.93. The van der Waals surface area contributed by atoms with Crippen molar-refractivity contribution in [3.05, 3.63) is 115 Å². The lowest BCUT2D eigenvalue weighted by Gasteiger charge is -2.28. The summed E-state index contributed by atoms with van der Waals surface area (Å²) in [6, 6.07) is 36.1. The summed E-state index contributed by atoms with van der Waals surface area (Å²) in [6.45, 7) is 6.57. The van der Waals surface area contributed by atoms with Gasteiger partial charge in [-0.05, 0) is 59.5 Å². The Kier molecular flexibility index (Phi) is 5.41. The molecule has 5 aromatic carbocycles. The molecule has 0 saturated heterocycles. The van der Waals surface area contributed by atoms with Gasteiger partial charge in [-0.3, -0.25) is 0 Å². The highest BCUT2D eigenvalue weighted by molar-refractivity contribution is 6.19. The molecule has 1 unspecified atom stereocenters. The van der Waals surface area contributed by atoms with E-state index in [1.807, 2.05) is 72.8 Å². The van der Waals surface area contributed by atoms with E-state index in [2.05, 4.69) is 68.8 Å². The van der Waals surface area contributed by atoms with Crippen molar-refractivity contribution in [3.8, 4) is 23.1 Å². The van der Waals surface area contributed by atoms with E-state index in [0.717, 1.165) is 55.9 Å². The number of phenolic OH excluding ortho intramolecular Hbond substituents is 1. The SMILES string of the molecule is CC(C)(C)c1cc(Oc2ccc3oc4cc5c(oc6ccccc65)c(O)c4c3c2)nc([N+]2(C)c3ccccc3-n3c2nc2ccccc23)c1. The van der Waals surface area contributed by atoms with Crippen molar-refractivity contribution in [2.24, 2.45) is 0 Å². The van der Waals surface area contributed by atoms with Crippen LogP contribution in [-0.4, -0.2) is 26.7 Å². The number of nitrogens with zero attached hydrogens (tertiary/aromatic N) is 4. The van der Waals surface area contributed by atoms with Crippen LogP contribution in [0.25, 0.3) is 60.6 Å². The molecule has 0 saturated carbocycles. The number of phenols is 1. The Bertz CT molecular complexity index is 2840. The average Bonchev–Trinajstić information content (AvgIpc) is 3.84. The van der Waals surface area contributed by atoms with Gasteiger partial charge in [-0.1, -0.05) is 63.2 Å². The average molecular weight is 644 g/mol. The van der Waals surface area contributed by atoms with Gasteiger partial charge in [0.15, 0.2) is 17.0 Å². The Hall–Kier alpha value is -6.12. The maximum absolute atomic E-state index is 11.5. The topological polar surface area (TPSA) is 86.5 Å².